The van der Waals surface area contributed by atoms with Crippen LogP contribution in [0.1, 0.15) is 5.56 Å². The highest BCUT2D eigenvalue weighted by atomic mass is 79.9. The zero-order valence-corrected chi connectivity index (χ0v) is 14.5. The molecule has 4 nitrogen and oxygen atoms in total. The molecule has 0 atom stereocenters. The molecule has 0 saturated heterocycles. The van der Waals surface area contributed by atoms with Gasteiger partial charge in [-0.05, 0) is 35.9 Å². The molecule has 22 heavy (non-hydrogen) atoms. The molecule has 0 aliphatic carbocycles. The summed E-state index contributed by atoms with van der Waals surface area (Å²) in [6.45, 7) is 0. The minimum absolute atomic E-state index is 0.279. The van der Waals surface area contributed by atoms with Gasteiger partial charge >= 0.3 is 0 Å². The van der Waals surface area contributed by atoms with Crippen molar-refractivity contribution in [3.63, 3.8) is 0 Å². The van der Waals surface area contributed by atoms with Crippen LogP contribution >= 0.6 is 39.3 Å². The molecule has 0 bridgehead atoms. The van der Waals surface area contributed by atoms with E-state index in [1.165, 1.54) is 11.8 Å². The smallest absolute Gasteiger partial charge is 0.280 e. The summed E-state index contributed by atoms with van der Waals surface area (Å²) >= 11 is 10.8. The number of rotatable bonds is 3. The Morgan fingerprint density at radius 1 is 1.27 bits per heavy atom. The van der Waals surface area contributed by atoms with Crippen molar-refractivity contribution in [3.8, 4) is 0 Å². The average molecular weight is 397 g/mol. The lowest BCUT2D eigenvalue weighted by atomic mass is 10.2. The van der Waals surface area contributed by atoms with Gasteiger partial charge < -0.3 is 5.84 Å². The molecule has 0 fully saturated rings. The van der Waals surface area contributed by atoms with Gasteiger partial charge in [0.25, 0.3) is 5.56 Å². The third-order valence-corrected chi connectivity index (χ3v) is 4.84. The van der Waals surface area contributed by atoms with Gasteiger partial charge in [-0.3, -0.25) is 4.79 Å². The molecule has 2 aromatic carbocycles. The van der Waals surface area contributed by atoms with Crippen LogP contribution in [0, 0.1) is 0 Å². The highest BCUT2D eigenvalue weighted by Gasteiger charge is 2.10. The summed E-state index contributed by atoms with van der Waals surface area (Å²) in [4.78, 5) is 16.7. The lowest BCUT2D eigenvalue weighted by Gasteiger charge is -2.08. The van der Waals surface area contributed by atoms with Crippen LogP contribution in [-0.4, -0.2) is 9.66 Å². The minimum Gasteiger partial charge on any atom is -0.334 e. The minimum atomic E-state index is -0.279. The van der Waals surface area contributed by atoms with Gasteiger partial charge in [0.05, 0.1) is 10.9 Å². The van der Waals surface area contributed by atoms with Crippen LogP contribution in [-0.2, 0) is 5.75 Å². The average Bonchev–Trinajstić information content (AvgIpc) is 2.49. The van der Waals surface area contributed by atoms with Crippen molar-refractivity contribution in [1.29, 1.82) is 0 Å². The molecule has 0 radical (unpaired) electrons. The molecule has 0 aliphatic rings. The number of nitrogens with two attached hydrogens (primary N) is 1. The molecule has 0 aliphatic heterocycles. The Morgan fingerprint density at radius 3 is 2.86 bits per heavy atom. The fourth-order valence-electron chi connectivity index (χ4n) is 2.03. The van der Waals surface area contributed by atoms with Crippen LogP contribution in [0.4, 0.5) is 0 Å². The lowest BCUT2D eigenvalue weighted by molar-refractivity contribution is 0.779. The second-order valence-corrected chi connectivity index (χ2v) is 6.94. The molecule has 0 unspecified atom stereocenters. The first-order chi connectivity index (χ1) is 10.5. The standard InChI is InChI=1S/C15H11BrClN3OS/c16-10-3-1-2-9(6-10)8-22-15-19-13-7-11(17)4-5-12(13)14(21)20(15)18/h1-7H,8,18H2. The van der Waals surface area contributed by atoms with Crippen molar-refractivity contribution >= 4 is 50.2 Å². The number of benzene rings is 2. The summed E-state index contributed by atoms with van der Waals surface area (Å²) in [6.07, 6.45) is 0. The molecule has 3 aromatic rings. The predicted octanol–water partition coefficient (Wildman–Crippen LogP) is 3.82. The molecule has 1 heterocycles. The first-order valence-corrected chi connectivity index (χ1v) is 8.55. The Morgan fingerprint density at radius 2 is 2.09 bits per heavy atom. The number of hydrogen-bond donors (Lipinski definition) is 1. The summed E-state index contributed by atoms with van der Waals surface area (Å²) in [5.74, 6) is 6.52. The number of hydrogen-bond acceptors (Lipinski definition) is 4. The van der Waals surface area contributed by atoms with Crippen molar-refractivity contribution in [3.05, 3.63) is 67.9 Å². The van der Waals surface area contributed by atoms with Crippen LogP contribution < -0.4 is 11.4 Å². The predicted molar refractivity (Wildman–Crippen MR) is 94.9 cm³/mol. The topological polar surface area (TPSA) is 60.9 Å². The first-order valence-electron chi connectivity index (χ1n) is 6.39. The zero-order chi connectivity index (χ0) is 15.7. The summed E-state index contributed by atoms with van der Waals surface area (Å²) in [7, 11) is 0. The highest BCUT2D eigenvalue weighted by Crippen LogP contribution is 2.23. The summed E-state index contributed by atoms with van der Waals surface area (Å²) in [5, 5.41) is 1.45. The van der Waals surface area contributed by atoms with Crippen LogP contribution in [0.2, 0.25) is 5.02 Å². The van der Waals surface area contributed by atoms with Crippen molar-refractivity contribution in [2.45, 2.75) is 10.9 Å². The van der Waals surface area contributed by atoms with Gasteiger partial charge in [-0.1, -0.05) is 51.4 Å². The molecule has 0 amide bonds. The maximum absolute atomic E-state index is 12.3. The molecule has 0 saturated carbocycles. The van der Waals surface area contributed by atoms with Gasteiger partial charge in [0.15, 0.2) is 5.16 Å². The number of nitrogen functional groups attached to an aromatic ring is 1. The first kappa shape index (κ1) is 15.4. The van der Waals surface area contributed by atoms with E-state index in [-0.39, 0.29) is 5.56 Å². The Kier molecular flexibility index (Phi) is 4.42. The van der Waals surface area contributed by atoms with E-state index in [0.717, 1.165) is 14.7 Å². The SMILES string of the molecule is Nn1c(SCc2cccc(Br)c2)nc2cc(Cl)ccc2c1=O. The van der Waals surface area contributed by atoms with Crippen molar-refractivity contribution < 1.29 is 0 Å². The lowest BCUT2D eigenvalue weighted by Crippen LogP contribution is -2.29. The molecule has 7 heteroatoms. The van der Waals surface area contributed by atoms with Gasteiger partial charge in [-0.15, -0.1) is 0 Å². The van der Waals surface area contributed by atoms with Crippen LogP contribution in [0.15, 0.2) is 56.9 Å². The zero-order valence-electron chi connectivity index (χ0n) is 11.3. The van der Waals surface area contributed by atoms with Crippen LogP contribution in [0.25, 0.3) is 10.9 Å². The van der Waals surface area contributed by atoms with Gasteiger partial charge in [0, 0.05) is 15.2 Å². The van der Waals surface area contributed by atoms with E-state index in [1.807, 2.05) is 24.3 Å². The number of aromatic nitrogens is 2. The highest BCUT2D eigenvalue weighted by molar-refractivity contribution is 9.10. The fourth-order valence-corrected chi connectivity index (χ4v) is 3.50. The molecule has 112 valence electrons. The van der Waals surface area contributed by atoms with Crippen molar-refractivity contribution in [1.82, 2.24) is 9.66 Å². The maximum Gasteiger partial charge on any atom is 0.280 e. The summed E-state index contributed by atoms with van der Waals surface area (Å²) in [6, 6.07) is 12.9. The second kappa shape index (κ2) is 6.32. The Balaban J connectivity index is 1.96. The van der Waals surface area contributed by atoms with Gasteiger partial charge in [-0.25, -0.2) is 9.66 Å². The normalized spacial score (nSPS) is 11.0. The van der Waals surface area contributed by atoms with Gasteiger partial charge in [0.1, 0.15) is 0 Å². The molecule has 1 aromatic heterocycles. The summed E-state index contributed by atoms with van der Waals surface area (Å²) < 4.78 is 2.09. The van der Waals surface area contributed by atoms with Gasteiger partial charge in [0.2, 0.25) is 0 Å². The van der Waals surface area contributed by atoms with E-state index in [4.69, 9.17) is 17.4 Å². The van der Waals surface area contributed by atoms with Crippen molar-refractivity contribution in [2.75, 3.05) is 5.84 Å². The quantitative estimate of drug-likeness (QED) is 0.415. The van der Waals surface area contributed by atoms with E-state index in [0.29, 0.717) is 26.8 Å². The fraction of sp³-hybridized carbons (Fsp3) is 0.0667. The molecular formula is C15H11BrClN3OS. The number of fused-ring (bicyclic) bond motifs is 1. The van der Waals surface area contributed by atoms with Gasteiger partial charge in [-0.2, -0.15) is 0 Å². The third-order valence-electron chi connectivity index (χ3n) is 3.09. The van der Waals surface area contributed by atoms with Crippen LogP contribution in [0.3, 0.4) is 0 Å². The maximum atomic E-state index is 12.3. The molecule has 3 rings (SSSR count). The Labute approximate surface area is 144 Å². The Hall–Kier alpha value is -1.50. The largest absolute Gasteiger partial charge is 0.334 e. The Bertz CT molecular complexity index is 913. The molecular weight excluding hydrogens is 386 g/mol. The van der Waals surface area contributed by atoms with Crippen molar-refractivity contribution in [2.24, 2.45) is 0 Å². The summed E-state index contributed by atoms with van der Waals surface area (Å²) in [5.41, 5.74) is 1.38. The van der Waals surface area contributed by atoms with E-state index in [1.54, 1.807) is 18.2 Å². The van der Waals surface area contributed by atoms with E-state index in [2.05, 4.69) is 20.9 Å². The van der Waals surface area contributed by atoms with E-state index < -0.39 is 0 Å². The van der Waals surface area contributed by atoms with Crippen LogP contribution in [0.5, 0.6) is 0 Å². The third kappa shape index (κ3) is 3.14. The molecule has 2 N–H and O–H groups in total. The number of nitrogens with zero attached hydrogens (tertiary/aromatic N) is 2. The second-order valence-electron chi connectivity index (χ2n) is 4.65. The number of halogens is 2. The number of thioether (sulfide) groups is 1. The molecule has 0 spiro atoms. The van der Waals surface area contributed by atoms with E-state index in [9.17, 15) is 4.79 Å². The van der Waals surface area contributed by atoms with E-state index >= 15 is 0 Å². The monoisotopic (exact) mass is 395 g/mol.